The highest BCUT2D eigenvalue weighted by molar-refractivity contribution is 5.89. The van der Waals surface area contributed by atoms with Crippen LogP contribution in [0.25, 0.3) is 0 Å². The number of benzene rings is 1. The van der Waals surface area contributed by atoms with Crippen LogP contribution in [0.15, 0.2) is 42.6 Å². The number of amides is 2. The molecule has 1 aromatic carbocycles. The maximum absolute atomic E-state index is 12.8. The van der Waals surface area contributed by atoms with Crippen LogP contribution in [0.4, 0.5) is 0 Å². The molecular weight excluding hydrogens is 318 g/mol. The van der Waals surface area contributed by atoms with Gasteiger partial charge in [0.15, 0.2) is 0 Å². The molecule has 0 saturated carbocycles. The molecule has 3 heterocycles. The fourth-order valence-electron chi connectivity index (χ4n) is 3.57. The SMILES string of the molecule is O=C1CC(C(=O)N2Cc3ccc(O)cc3C2)CN1Cc1ccccn1. The number of hydrogen-bond donors (Lipinski definition) is 1. The normalized spacial score (nSPS) is 19.4. The van der Waals surface area contributed by atoms with Gasteiger partial charge in [0, 0.05) is 32.3 Å². The van der Waals surface area contributed by atoms with Crippen molar-refractivity contribution < 1.29 is 14.7 Å². The molecule has 0 bridgehead atoms. The molecule has 0 spiro atoms. The summed E-state index contributed by atoms with van der Waals surface area (Å²) in [6.07, 6.45) is 1.96. The molecule has 4 rings (SSSR count). The van der Waals surface area contributed by atoms with E-state index >= 15 is 0 Å². The highest BCUT2D eigenvalue weighted by atomic mass is 16.3. The molecule has 6 nitrogen and oxygen atoms in total. The third-order valence-corrected chi connectivity index (χ3v) is 4.87. The maximum Gasteiger partial charge on any atom is 0.228 e. The van der Waals surface area contributed by atoms with E-state index in [9.17, 15) is 14.7 Å². The molecule has 6 heteroatoms. The van der Waals surface area contributed by atoms with Crippen LogP contribution < -0.4 is 0 Å². The summed E-state index contributed by atoms with van der Waals surface area (Å²) in [5.41, 5.74) is 2.86. The first-order valence-corrected chi connectivity index (χ1v) is 8.37. The summed E-state index contributed by atoms with van der Waals surface area (Å²) < 4.78 is 0. The topological polar surface area (TPSA) is 73.7 Å². The van der Waals surface area contributed by atoms with E-state index in [0.29, 0.717) is 26.2 Å². The number of hydrogen-bond acceptors (Lipinski definition) is 4. The van der Waals surface area contributed by atoms with Crippen LogP contribution >= 0.6 is 0 Å². The number of phenolic OH excluding ortho intramolecular Hbond substituents is 1. The van der Waals surface area contributed by atoms with Crippen LogP contribution in [0.3, 0.4) is 0 Å². The number of aromatic nitrogens is 1. The number of fused-ring (bicyclic) bond motifs is 1. The minimum Gasteiger partial charge on any atom is -0.508 e. The Morgan fingerprint density at radius 2 is 2.04 bits per heavy atom. The van der Waals surface area contributed by atoms with Crippen LogP contribution in [0.2, 0.25) is 0 Å². The highest BCUT2D eigenvalue weighted by Crippen LogP contribution is 2.29. The molecule has 1 unspecified atom stereocenters. The largest absolute Gasteiger partial charge is 0.508 e. The van der Waals surface area contributed by atoms with E-state index < -0.39 is 0 Å². The molecule has 2 aliphatic heterocycles. The quantitative estimate of drug-likeness (QED) is 0.925. The van der Waals surface area contributed by atoms with Crippen molar-refractivity contribution in [1.82, 2.24) is 14.8 Å². The standard InChI is InChI=1S/C19H19N3O3/c23-17-5-4-13-9-22(10-14(13)7-17)19(25)15-8-18(24)21(11-15)12-16-3-1-2-6-20-16/h1-7,15,23H,8-12H2. The third kappa shape index (κ3) is 3.07. The summed E-state index contributed by atoms with van der Waals surface area (Å²) in [6.45, 7) is 1.91. The number of likely N-dealkylation sites (tertiary alicyclic amines) is 1. The lowest BCUT2D eigenvalue weighted by Crippen LogP contribution is -2.33. The molecule has 2 aliphatic rings. The van der Waals surface area contributed by atoms with E-state index in [2.05, 4.69) is 4.98 Å². The minimum absolute atomic E-state index is 0.00152. The first-order chi connectivity index (χ1) is 12.1. The first kappa shape index (κ1) is 15.6. The Bertz CT molecular complexity index is 822. The predicted molar refractivity (Wildman–Crippen MR) is 90.1 cm³/mol. The lowest BCUT2D eigenvalue weighted by atomic mass is 10.1. The highest BCUT2D eigenvalue weighted by Gasteiger charge is 2.38. The molecule has 25 heavy (non-hydrogen) atoms. The van der Waals surface area contributed by atoms with E-state index in [1.807, 2.05) is 24.3 Å². The van der Waals surface area contributed by atoms with Gasteiger partial charge in [-0.25, -0.2) is 0 Å². The molecule has 0 aliphatic carbocycles. The van der Waals surface area contributed by atoms with Gasteiger partial charge in [0.25, 0.3) is 0 Å². The molecule has 128 valence electrons. The van der Waals surface area contributed by atoms with Gasteiger partial charge in [-0.15, -0.1) is 0 Å². The molecule has 0 radical (unpaired) electrons. The average molecular weight is 337 g/mol. The summed E-state index contributed by atoms with van der Waals surface area (Å²) in [6, 6.07) is 10.8. The van der Waals surface area contributed by atoms with Gasteiger partial charge in [-0.05, 0) is 35.4 Å². The molecule has 1 aromatic heterocycles. The van der Waals surface area contributed by atoms with Crippen molar-refractivity contribution in [3.8, 4) is 5.75 Å². The zero-order valence-electron chi connectivity index (χ0n) is 13.8. The van der Waals surface area contributed by atoms with Crippen LogP contribution in [0.5, 0.6) is 5.75 Å². The predicted octanol–water partition coefficient (Wildman–Crippen LogP) is 1.68. The molecule has 1 saturated heterocycles. The first-order valence-electron chi connectivity index (χ1n) is 8.37. The van der Waals surface area contributed by atoms with Gasteiger partial charge in [0.05, 0.1) is 18.2 Å². The second-order valence-corrected chi connectivity index (χ2v) is 6.64. The Morgan fingerprint density at radius 1 is 1.20 bits per heavy atom. The Hall–Kier alpha value is -2.89. The minimum atomic E-state index is -0.306. The van der Waals surface area contributed by atoms with Crippen molar-refractivity contribution in [1.29, 1.82) is 0 Å². The number of phenols is 1. The molecule has 1 fully saturated rings. The van der Waals surface area contributed by atoms with Gasteiger partial charge in [0.1, 0.15) is 5.75 Å². The summed E-state index contributed by atoms with van der Waals surface area (Å²) in [5, 5.41) is 9.58. The van der Waals surface area contributed by atoms with Crippen LogP contribution in [0, 0.1) is 5.92 Å². The second kappa shape index (κ2) is 6.20. The third-order valence-electron chi connectivity index (χ3n) is 4.87. The number of carbonyl (C=O) groups is 2. The van der Waals surface area contributed by atoms with Gasteiger partial charge in [-0.3, -0.25) is 14.6 Å². The average Bonchev–Trinajstić information content (AvgIpc) is 3.19. The van der Waals surface area contributed by atoms with E-state index in [0.717, 1.165) is 16.8 Å². The number of pyridine rings is 1. The number of nitrogens with zero attached hydrogens (tertiary/aromatic N) is 3. The fourth-order valence-corrected chi connectivity index (χ4v) is 3.57. The van der Waals surface area contributed by atoms with Crippen molar-refractivity contribution in [2.45, 2.75) is 26.1 Å². The molecule has 2 aromatic rings. The van der Waals surface area contributed by atoms with Gasteiger partial charge in [0.2, 0.25) is 11.8 Å². The van der Waals surface area contributed by atoms with Crippen molar-refractivity contribution in [2.75, 3.05) is 6.54 Å². The summed E-state index contributed by atoms with van der Waals surface area (Å²) in [4.78, 5) is 32.8. The number of carbonyl (C=O) groups excluding carboxylic acids is 2. The zero-order chi connectivity index (χ0) is 17.4. The Labute approximate surface area is 145 Å². The lowest BCUT2D eigenvalue weighted by Gasteiger charge is -2.20. The van der Waals surface area contributed by atoms with Crippen LogP contribution in [-0.4, -0.2) is 38.2 Å². The summed E-state index contributed by atoms with van der Waals surface area (Å²) in [7, 11) is 0. The zero-order valence-corrected chi connectivity index (χ0v) is 13.8. The Morgan fingerprint density at radius 3 is 2.84 bits per heavy atom. The van der Waals surface area contributed by atoms with Crippen molar-refractivity contribution in [3.05, 3.63) is 59.4 Å². The van der Waals surface area contributed by atoms with E-state index in [1.54, 1.807) is 28.1 Å². The molecule has 1 atom stereocenters. The van der Waals surface area contributed by atoms with E-state index in [4.69, 9.17) is 0 Å². The lowest BCUT2D eigenvalue weighted by molar-refractivity contribution is -0.136. The van der Waals surface area contributed by atoms with Crippen LogP contribution in [0.1, 0.15) is 23.2 Å². The van der Waals surface area contributed by atoms with Crippen molar-refractivity contribution in [2.24, 2.45) is 5.92 Å². The summed E-state index contributed by atoms with van der Waals surface area (Å²) in [5.74, 6) is -0.0873. The Kier molecular flexibility index (Phi) is 3.87. The fraction of sp³-hybridized carbons (Fsp3) is 0.316. The van der Waals surface area contributed by atoms with Crippen LogP contribution in [-0.2, 0) is 29.2 Å². The number of rotatable bonds is 3. The van der Waals surface area contributed by atoms with E-state index in [-0.39, 0.29) is 29.9 Å². The van der Waals surface area contributed by atoms with Gasteiger partial charge < -0.3 is 14.9 Å². The monoisotopic (exact) mass is 337 g/mol. The molecular formula is C19H19N3O3. The van der Waals surface area contributed by atoms with Gasteiger partial charge in [-0.1, -0.05) is 12.1 Å². The van der Waals surface area contributed by atoms with Crippen molar-refractivity contribution in [3.63, 3.8) is 0 Å². The van der Waals surface area contributed by atoms with E-state index in [1.165, 1.54) is 0 Å². The maximum atomic E-state index is 12.8. The molecule has 1 N–H and O–H groups in total. The second-order valence-electron chi connectivity index (χ2n) is 6.64. The van der Waals surface area contributed by atoms with Crippen molar-refractivity contribution >= 4 is 11.8 Å². The van der Waals surface area contributed by atoms with Gasteiger partial charge >= 0.3 is 0 Å². The Balaban J connectivity index is 1.41. The summed E-state index contributed by atoms with van der Waals surface area (Å²) >= 11 is 0. The van der Waals surface area contributed by atoms with Gasteiger partial charge in [-0.2, -0.15) is 0 Å². The molecule has 2 amide bonds. The smallest absolute Gasteiger partial charge is 0.228 e. The number of aromatic hydroxyl groups is 1.